The molecular weight excluding hydrogens is 260 g/mol. The lowest BCUT2D eigenvalue weighted by Crippen LogP contribution is -2.28. The van der Waals surface area contributed by atoms with Crippen LogP contribution in [0.4, 0.5) is 11.4 Å². The fourth-order valence-electron chi connectivity index (χ4n) is 2.38. The summed E-state index contributed by atoms with van der Waals surface area (Å²) in [4.78, 5) is 14.3. The molecule has 0 bridgehead atoms. The molecule has 4 heteroatoms. The predicted molar refractivity (Wildman–Crippen MR) is 77.7 cm³/mol. The summed E-state index contributed by atoms with van der Waals surface area (Å²) in [5, 5.41) is 0.567. The van der Waals surface area contributed by atoms with Crippen LogP contribution in [0.3, 0.4) is 0 Å². The van der Waals surface area contributed by atoms with Crippen molar-refractivity contribution in [3.05, 3.63) is 58.6 Å². The van der Waals surface area contributed by atoms with E-state index in [-0.39, 0.29) is 5.91 Å². The zero-order chi connectivity index (χ0) is 13.4. The molecule has 0 fully saturated rings. The molecule has 0 aliphatic carbocycles. The number of rotatable bonds is 1. The molecule has 3 rings (SSSR count). The molecule has 0 saturated carbocycles. The van der Waals surface area contributed by atoms with E-state index in [4.69, 9.17) is 17.3 Å². The normalized spacial score (nSPS) is 13.4. The van der Waals surface area contributed by atoms with E-state index in [1.54, 1.807) is 29.2 Å². The molecule has 19 heavy (non-hydrogen) atoms. The summed E-state index contributed by atoms with van der Waals surface area (Å²) >= 11 is 5.93. The minimum absolute atomic E-state index is 0.0353. The van der Waals surface area contributed by atoms with Crippen LogP contribution in [-0.4, -0.2) is 12.5 Å². The molecule has 0 spiro atoms. The minimum Gasteiger partial charge on any atom is -0.399 e. The van der Waals surface area contributed by atoms with Crippen molar-refractivity contribution < 1.29 is 4.79 Å². The Morgan fingerprint density at radius 3 is 2.84 bits per heavy atom. The van der Waals surface area contributed by atoms with Crippen molar-refractivity contribution in [1.29, 1.82) is 0 Å². The first-order valence-corrected chi connectivity index (χ1v) is 6.49. The van der Waals surface area contributed by atoms with E-state index >= 15 is 0 Å². The number of anilines is 2. The lowest BCUT2D eigenvalue weighted by Gasteiger charge is -2.17. The molecule has 2 aromatic carbocycles. The Kier molecular flexibility index (Phi) is 2.91. The van der Waals surface area contributed by atoms with Crippen molar-refractivity contribution >= 4 is 28.9 Å². The van der Waals surface area contributed by atoms with Crippen molar-refractivity contribution in [1.82, 2.24) is 0 Å². The highest BCUT2D eigenvalue weighted by Gasteiger charge is 2.25. The van der Waals surface area contributed by atoms with Crippen molar-refractivity contribution in [2.24, 2.45) is 0 Å². The van der Waals surface area contributed by atoms with Crippen LogP contribution in [0.25, 0.3) is 0 Å². The van der Waals surface area contributed by atoms with Crippen LogP contribution in [-0.2, 0) is 6.42 Å². The maximum atomic E-state index is 12.5. The summed E-state index contributed by atoms with van der Waals surface area (Å²) in [5.41, 5.74) is 9.13. The summed E-state index contributed by atoms with van der Waals surface area (Å²) in [6.45, 7) is 0.685. The molecule has 0 aromatic heterocycles. The fraction of sp³-hybridized carbons (Fsp3) is 0.133. The van der Waals surface area contributed by atoms with Crippen molar-refractivity contribution in [3.63, 3.8) is 0 Å². The smallest absolute Gasteiger partial charge is 0.258 e. The number of halogens is 1. The molecule has 3 nitrogen and oxygen atoms in total. The van der Waals surface area contributed by atoms with E-state index in [1.807, 2.05) is 18.2 Å². The van der Waals surface area contributed by atoms with Crippen LogP contribution in [0.1, 0.15) is 15.9 Å². The van der Waals surface area contributed by atoms with Gasteiger partial charge in [-0.3, -0.25) is 4.79 Å². The molecule has 2 N–H and O–H groups in total. The van der Waals surface area contributed by atoms with E-state index in [0.29, 0.717) is 22.8 Å². The maximum absolute atomic E-state index is 12.5. The summed E-state index contributed by atoms with van der Waals surface area (Å²) in [5.74, 6) is -0.0353. The first-order valence-electron chi connectivity index (χ1n) is 6.11. The van der Waals surface area contributed by atoms with E-state index in [2.05, 4.69) is 0 Å². The number of carbonyl (C=O) groups is 1. The van der Waals surface area contributed by atoms with E-state index in [9.17, 15) is 4.79 Å². The molecule has 0 radical (unpaired) electrons. The van der Waals surface area contributed by atoms with Gasteiger partial charge in [-0.1, -0.05) is 23.7 Å². The molecule has 2 aromatic rings. The van der Waals surface area contributed by atoms with Gasteiger partial charge in [0.05, 0.1) is 0 Å². The average molecular weight is 273 g/mol. The molecule has 96 valence electrons. The first-order chi connectivity index (χ1) is 9.15. The van der Waals surface area contributed by atoms with Gasteiger partial charge in [0.2, 0.25) is 0 Å². The van der Waals surface area contributed by atoms with E-state index in [1.165, 1.54) is 0 Å². The summed E-state index contributed by atoms with van der Waals surface area (Å²) in [7, 11) is 0. The third-order valence-corrected chi connectivity index (χ3v) is 3.56. The predicted octanol–water partition coefficient (Wildman–Crippen LogP) is 3.13. The fourth-order valence-corrected chi connectivity index (χ4v) is 2.57. The summed E-state index contributed by atoms with van der Waals surface area (Å²) in [6.07, 6.45) is 0.863. The lowest BCUT2D eigenvalue weighted by molar-refractivity contribution is 0.0989. The van der Waals surface area contributed by atoms with E-state index < -0.39 is 0 Å². The largest absolute Gasteiger partial charge is 0.399 e. The van der Waals surface area contributed by atoms with Gasteiger partial charge in [-0.15, -0.1) is 0 Å². The second-order valence-electron chi connectivity index (χ2n) is 4.61. The Balaban J connectivity index is 1.97. The molecule has 0 atom stereocenters. The van der Waals surface area contributed by atoms with Crippen LogP contribution in [0.2, 0.25) is 5.02 Å². The molecule has 0 saturated heterocycles. The van der Waals surface area contributed by atoms with Gasteiger partial charge in [0.25, 0.3) is 5.91 Å². The standard InChI is InChI=1S/C15H13ClN2O/c16-12-3-1-2-11(8-12)15(19)18-7-6-10-4-5-13(17)9-14(10)18/h1-5,8-9H,6-7,17H2. The second-order valence-corrected chi connectivity index (χ2v) is 5.04. The van der Waals surface area contributed by atoms with Crippen molar-refractivity contribution in [2.45, 2.75) is 6.42 Å². The molecular formula is C15H13ClN2O. The Morgan fingerprint density at radius 1 is 1.21 bits per heavy atom. The number of fused-ring (bicyclic) bond motifs is 1. The Labute approximate surface area is 116 Å². The monoisotopic (exact) mass is 272 g/mol. The van der Waals surface area contributed by atoms with Crippen LogP contribution >= 0.6 is 11.6 Å². The van der Waals surface area contributed by atoms with Crippen LogP contribution in [0.5, 0.6) is 0 Å². The zero-order valence-electron chi connectivity index (χ0n) is 10.3. The number of nitrogen functional groups attached to an aromatic ring is 1. The van der Waals surface area contributed by atoms with Gasteiger partial charge in [-0.2, -0.15) is 0 Å². The second kappa shape index (κ2) is 4.59. The highest BCUT2D eigenvalue weighted by atomic mass is 35.5. The number of hydrogen-bond donors (Lipinski definition) is 1. The third kappa shape index (κ3) is 2.17. The highest BCUT2D eigenvalue weighted by molar-refractivity contribution is 6.31. The Morgan fingerprint density at radius 2 is 2.05 bits per heavy atom. The first kappa shape index (κ1) is 12.1. The minimum atomic E-state index is -0.0353. The van der Waals surface area contributed by atoms with Gasteiger partial charge in [-0.25, -0.2) is 0 Å². The lowest BCUT2D eigenvalue weighted by atomic mass is 10.1. The van der Waals surface area contributed by atoms with Gasteiger partial charge in [-0.05, 0) is 42.3 Å². The Hall–Kier alpha value is -2.00. The summed E-state index contributed by atoms with van der Waals surface area (Å²) in [6, 6.07) is 12.7. The van der Waals surface area contributed by atoms with Crippen LogP contribution < -0.4 is 10.6 Å². The zero-order valence-corrected chi connectivity index (χ0v) is 11.0. The average Bonchev–Trinajstić information content (AvgIpc) is 2.80. The van der Waals surface area contributed by atoms with Crippen molar-refractivity contribution in [3.8, 4) is 0 Å². The number of carbonyl (C=O) groups excluding carboxylic acids is 1. The molecule has 1 heterocycles. The van der Waals surface area contributed by atoms with Crippen LogP contribution in [0, 0.1) is 0 Å². The van der Waals surface area contributed by atoms with Gasteiger partial charge in [0, 0.05) is 28.5 Å². The third-order valence-electron chi connectivity index (χ3n) is 3.32. The number of amides is 1. The molecule has 0 unspecified atom stereocenters. The molecule has 1 aliphatic rings. The van der Waals surface area contributed by atoms with Gasteiger partial charge >= 0.3 is 0 Å². The van der Waals surface area contributed by atoms with Gasteiger partial charge < -0.3 is 10.6 Å². The highest BCUT2D eigenvalue weighted by Crippen LogP contribution is 2.31. The van der Waals surface area contributed by atoms with E-state index in [0.717, 1.165) is 17.7 Å². The quantitative estimate of drug-likeness (QED) is 0.811. The number of nitrogens with two attached hydrogens (primary N) is 1. The molecule has 1 amide bonds. The number of nitrogens with zero attached hydrogens (tertiary/aromatic N) is 1. The maximum Gasteiger partial charge on any atom is 0.258 e. The summed E-state index contributed by atoms with van der Waals surface area (Å²) < 4.78 is 0. The number of hydrogen-bond acceptors (Lipinski definition) is 2. The van der Waals surface area contributed by atoms with Crippen molar-refractivity contribution in [2.75, 3.05) is 17.2 Å². The van der Waals surface area contributed by atoms with Gasteiger partial charge in [0.1, 0.15) is 0 Å². The molecule has 1 aliphatic heterocycles. The van der Waals surface area contributed by atoms with Crippen LogP contribution in [0.15, 0.2) is 42.5 Å². The SMILES string of the molecule is Nc1ccc2c(c1)N(C(=O)c1cccc(Cl)c1)CC2. The topological polar surface area (TPSA) is 46.3 Å². The number of benzene rings is 2. The van der Waals surface area contributed by atoms with Gasteiger partial charge in [0.15, 0.2) is 0 Å². The Bertz CT molecular complexity index is 654.